The van der Waals surface area contributed by atoms with Gasteiger partial charge in [-0.1, -0.05) is 38.1 Å². The van der Waals surface area contributed by atoms with Crippen molar-refractivity contribution < 1.29 is 14.6 Å². The predicted molar refractivity (Wildman–Crippen MR) is 75.3 cm³/mol. The smallest absolute Gasteiger partial charge is 0.102 e. The third-order valence-corrected chi connectivity index (χ3v) is 3.59. The standard InChI is InChI=1S/C16H24O3/c1-12(2)13-5-7-14(8-6-13)16(17)11-18-10-15-4-3-9-19-15/h5-8,12,15-17H,3-4,9-11H2,1-2H3. The molecule has 1 fully saturated rings. The molecule has 0 aliphatic carbocycles. The zero-order chi connectivity index (χ0) is 13.7. The molecule has 1 N–H and O–H groups in total. The summed E-state index contributed by atoms with van der Waals surface area (Å²) in [5.74, 6) is 0.516. The first-order chi connectivity index (χ1) is 9.16. The van der Waals surface area contributed by atoms with E-state index in [2.05, 4.69) is 26.0 Å². The van der Waals surface area contributed by atoms with Gasteiger partial charge in [-0.15, -0.1) is 0 Å². The number of aliphatic hydroxyl groups is 1. The zero-order valence-corrected chi connectivity index (χ0v) is 11.8. The van der Waals surface area contributed by atoms with Crippen LogP contribution in [-0.4, -0.2) is 31.0 Å². The lowest BCUT2D eigenvalue weighted by Crippen LogP contribution is -2.17. The van der Waals surface area contributed by atoms with E-state index in [-0.39, 0.29) is 6.10 Å². The van der Waals surface area contributed by atoms with Crippen molar-refractivity contribution in [3.8, 4) is 0 Å². The van der Waals surface area contributed by atoms with E-state index in [1.54, 1.807) is 0 Å². The molecule has 1 aromatic carbocycles. The van der Waals surface area contributed by atoms with Crippen molar-refractivity contribution in [2.24, 2.45) is 0 Å². The number of aliphatic hydroxyl groups excluding tert-OH is 1. The van der Waals surface area contributed by atoms with Crippen LogP contribution < -0.4 is 0 Å². The van der Waals surface area contributed by atoms with Gasteiger partial charge in [-0.2, -0.15) is 0 Å². The largest absolute Gasteiger partial charge is 0.386 e. The summed E-state index contributed by atoms with van der Waals surface area (Å²) < 4.78 is 11.0. The molecule has 0 bridgehead atoms. The van der Waals surface area contributed by atoms with E-state index in [1.807, 2.05) is 12.1 Å². The van der Waals surface area contributed by atoms with Crippen LogP contribution in [0.25, 0.3) is 0 Å². The van der Waals surface area contributed by atoms with Crippen molar-refractivity contribution in [3.63, 3.8) is 0 Å². The monoisotopic (exact) mass is 264 g/mol. The second-order valence-electron chi connectivity index (χ2n) is 5.51. The topological polar surface area (TPSA) is 38.7 Å². The molecule has 0 saturated carbocycles. The first kappa shape index (κ1) is 14.5. The summed E-state index contributed by atoms with van der Waals surface area (Å²) in [6.45, 7) is 6.08. The van der Waals surface area contributed by atoms with Gasteiger partial charge >= 0.3 is 0 Å². The lowest BCUT2D eigenvalue weighted by atomic mass is 10.0. The van der Waals surface area contributed by atoms with E-state index in [4.69, 9.17) is 9.47 Å². The molecular formula is C16H24O3. The normalized spacial score (nSPS) is 20.9. The molecule has 1 heterocycles. The molecule has 0 spiro atoms. The van der Waals surface area contributed by atoms with Gasteiger partial charge in [0, 0.05) is 6.61 Å². The molecule has 1 aliphatic rings. The Labute approximate surface area is 115 Å². The van der Waals surface area contributed by atoms with E-state index in [0.717, 1.165) is 25.0 Å². The molecule has 2 unspecified atom stereocenters. The Morgan fingerprint density at radius 2 is 1.95 bits per heavy atom. The molecule has 1 aliphatic heterocycles. The minimum atomic E-state index is -0.553. The van der Waals surface area contributed by atoms with Gasteiger partial charge < -0.3 is 14.6 Å². The van der Waals surface area contributed by atoms with E-state index < -0.39 is 6.10 Å². The highest BCUT2D eigenvalue weighted by Crippen LogP contribution is 2.19. The molecule has 0 radical (unpaired) electrons. The molecule has 1 saturated heterocycles. The number of rotatable bonds is 6. The molecule has 2 atom stereocenters. The Hall–Kier alpha value is -0.900. The molecule has 19 heavy (non-hydrogen) atoms. The summed E-state index contributed by atoms with van der Waals surface area (Å²) >= 11 is 0. The highest BCUT2D eigenvalue weighted by atomic mass is 16.5. The van der Waals surface area contributed by atoms with Crippen molar-refractivity contribution >= 4 is 0 Å². The van der Waals surface area contributed by atoms with Crippen LogP contribution in [0.1, 0.15) is 49.8 Å². The van der Waals surface area contributed by atoms with Gasteiger partial charge in [0.05, 0.1) is 19.3 Å². The summed E-state index contributed by atoms with van der Waals surface area (Å²) in [4.78, 5) is 0. The molecular weight excluding hydrogens is 240 g/mol. The van der Waals surface area contributed by atoms with Gasteiger partial charge in [0.25, 0.3) is 0 Å². The van der Waals surface area contributed by atoms with E-state index in [1.165, 1.54) is 5.56 Å². The van der Waals surface area contributed by atoms with Gasteiger partial charge in [-0.25, -0.2) is 0 Å². The fraction of sp³-hybridized carbons (Fsp3) is 0.625. The Morgan fingerprint density at radius 3 is 2.53 bits per heavy atom. The third-order valence-electron chi connectivity index (χ3n) is 3.59. The number of ether oxygens (including phenoxy) is 2. The lowest BCUT2D eigenvalue weighted by molar-refractivity contribution is -0.0176. The number of benzene rings is 1. The van der Waals surface area contributed by atoms with Crippen LogP contribution >= 0.6 is 0 Å². The fourth-order valence-electron chi connectivity index (χ4n) is 2.29. The van der Waals surface area contributed by atoms with Crippen molar-refractivity contribution in [1.82, 2.24) is 0 Å². The average Bonchev–Trinajstić information content (AvgIpc) is 2.92. The first-order valence-corrected chi connectivity index (χ1v) is 7.14. The van der Waals surface area contributed by atoms with Crippen LogP contribution in [0.4, 0.5) is 0 Å². The Bertz CT molecular complexity index is 366. The van der Waals surface area contributed by atoms with Gasteiger partial charge in [0.15, 0.2) is 0 Å². The molecule has 0 aromatic heterocycles. The molecule has 3 nitrogen and oxygen atoms in total. The summed E-state index contributed by atoms with van der Waals surface area (Å²) in [5, 5.41) is 10.1. The number of hydrogen-bond acceptors (Lipinski definition) is 3. The van der Waals surface area contributed by atoms with Crippen molar-refractivity contribution in [3.05, 3.63) is 35.4 Å². The van der Waals surface area contributed by atoms with Gasteiger partial charge in [0.1, 0.15) is 6.10 Å². The van der Waals surface area contributed by atoms with Gasteiger partial charge in [-0.05, 0) is 29.9 Å². The van der Waals surface area contributed by atoms with Crippen molar-refractivity contribution in [1.29, 1.82) is 0 Å². The average molecular weight is 264 g/mol. The summed E-state index contributed by atoms with van der Waals surface area (Å²) in [5.41, 5.74) is 2.20. The highest BCUT2D eigenvalue weighted by Gasteiger charge is 2.16. The second kappa shape index (κ2) is 7.04. The lowest BCUT2D eigenvalue weighted by Gasteiger charge is -2.15. The van der Waals surface area contributed by atoms with Gasteiger partial charge in [0.2, 0.25) is 0 Å². The Morgan fingerprint density at radius 1 is 1.26 bits per heavy atom. The van der Waals surface area contributed by atoms with Crippen molar-refractivity contribution in [2.75, 3.05) is 19.8 Å². The summed E-state index contributed by atoms with van der Waals surface area (Å²) in [6.07, 6.45) is 1.85. The zero-order valence-electron chi connectivity index (χ0n) is 11.8. The van der Waals surface area contributed by atoms with E-state index >= 15 is 0 Å². The molecule has 106 valence electrons. The summed E-state index contributed by atoms with van der Waals surface area (Å²) in [7, 11) is 0. The van der Waals surface area contributed by atoms with Crippen LogP contribution in [0.3, 0.4) is 0 Å². The maximum atomic E-state index is 10.1. The first-order valence-electron chi connectivity index (χ1n) is 7.14. The second-order valence-corrected chi connectivity index (χ2v) is 5.51. The number of hydrogen-bond donors (Lipinski definition) is 1. The molecule has 2 rings (SSSR count). The highest BCUT2D eigenvalue weighted by molar-refractivity contribution is 5.26. The Kier molecular flexibility index (Phi) is 5.37. The molecule has 0 amide bonds. The Balaban J connectivity index is 1.76. The third kappa shape index (κ3) is 4.30. The SMILES string of the molecule is CC(C)c1ccc(C(O)COCC2CCCO2)cc1. The van der Waals surface area contributed by atoms with Crippen LogP contribution in [0.5, 0.6) is 0 Å². The van der Waals surface area contributed by atoms with Crippen LogP contribution in [0.15, 0.2) is 24.3 Å². The minimum Gasteiger partial charge on any atom is -0.386 e. The van der Waals surface area contributed by atoms with Crippen LogP contribution in [0, 0.1) is 0 Å². The maximum absolute atomic E-state index is 10.1. The van der Waals surface area contributed by atoms with Crippen molar-refractivity contribution in [2.45, 2.75) is 44.8 Å². The minimum absolute atomic E-state index is 0.218. The summed E-state index contributed by atoms with van der Waals surface area (Å²) in [6, 6.07) is 8.11. The predicted octanol–water partition coefficient (Wildman–Crippen LogP) is 3.04. The van der Waals surface area contributed by atoms with E-state index in [9.17, 15) is 5.11 Å². The quantitative estimate of drug-likeness (QED) is 0.858. The molecule has 3 heteroatoms. The van der Waals surface area contributed by atoms with Crippen LogP contribution in [-0.2, 0) is 9.47 Å². The fourth-order valence-corrected chi connectivity index (χ4v) is 2.29. The van der Waals surface area contributed by atoms with E-state index in [0.29, 0.717) is 19.1 Å². The van der Waals surface area contributed by atoms with Gasteiger partial charge in [-0.3, -0.25) is 0 Å². The molecule has 1 aromatic rings. The maximum Gasteiger partial charge on any atom is 0.102 e. The van der Waals surface area contributed by atoms with Crippen LogP contribution in [0.2, 0.25) is 0 Å².